The highest BCUT2D eigenvalue weighted by molar-refractivity contribution is 6.18. The Balaban J connectivity index is 2.89. The molecule has 0 aromatic rings. The van der Waals surface area contributed by atoms with Gasteiger partial charge < -0.3 is 14.6 Å². The molecule has 0 heterocycles. The zero-order valence-corrected chi connectivity index (χ0v) is 6.80. The van der Waals surface area contributed by atoms with Crippen molar-refractivity contribution in [2.24, 2.45) is 0 Å². The van der Waals surface area contributed by atoms with Gasteiger partial charge in [0.2, 0.25) is 0 Å². The van der Waals surface area contributed by atoms with Crippen LogP contribution in [0.5, 0.6) is 0 Å². The fourth-order valence-corrected chi connectivity index (χ4v) is 0.495. The largest absolute Gasteiger partial charge is 0.389 e. The van der Waals surface area contributed by atoms with Gasteiger partial charge in [-0.1, -0.05) is 0 Å². The van der Waals surface area contributed by atoms with Crippen LogP contribution in [0.1, 0.15) is 0 Å². The number of hydrogen-bond acceptors (Lipinski definition) is 3. The summed E-state index contributed by atoms with van der Waals surface area (Å²) < 4.78 is 9.68. The van der Waals surface area contributed by atoms with Gasteiger partial charge >= 0.3 is 0 Å². The second-order valence-corrected chi connectivity index (χ2v) is 2.18. The predicted octanol–water partition coefficient (Wildman–Crippen LogP) is 0.249. The lowest BCUT2D eigenvalue weighted by Crippen LogP contribution is -2.18. The molecule has 0 spiro atoms. The number of aliphatic hydroxyl groups is 1. The van der Waals surface area contributed by atoms with Crippen molar-refractivity contribution in [3.05, 3.63) is 0 Å². The Hall–Kier alpha value is 0.170. The molecule has 0 aromatic carbocycles. The minimum atomic E-state index is -0.557. The average molecular weight is 169 g/mol. The highest BCUT2D eigenvalue weighted by Crippen LogP contribution is 1.88. The van der Waals surface area contributed by atoms with E-state index >= 15 is 0 Å². The molecule has 0 unspecified atom stereocenters. The molecule has 10 heavy (non-hydrogen) atoms. The van der Waals surface area contributed by atoms with Crippen molar-refractivity contribution in [3.8, 4) is 0 Å². The first-order valence-corrected chi connectivity index (χ1v) is 3.65. The Kier molecular flexibility index (Phi) is 7.40. The standard InChI is InChI=1S/C6H13ClO3/c1-9-2-3-10-5-6(8)4-7/h6,8H,2-5H2,1H3/t6-/m1/s1. The quantitative estimate of drug-likeness (QED) is 0.457. The molecule has 0 aromatic heterocycles. The molecule has 0 aliphatic carbocycles. The third-order valence-corrected chi connectivity index (χ3v) is 1.28. The van der Waals surface area contributed by atoms with Gasteiger partial charge in [-0.25, -0.2) is 0 Å². The maximum atomic E-state index is 8.86. The summed E-state index contributed by atoms with van der Waals surface area (Å²) in [5, 5.41) is 8.86. The minimum Gasteiger partial charge on any atom is -0.389 e. The summed E-state index contributed by atoms with van der Waals surface area (Å²) in [7, 11) is 1.60. The predicted molar refractivity (Wildman–Crippen MR) is 39.4 cm³/mol. The molecule has 1 atom stereocenters. The zero-order chi connectivity index (χ0) is 7.82. The Bertz CT molecular complexity index is 70.0. The Morgan fingerprint density at radius 2 is 2.20 bits per heavy atom. The van der Waals surface area contributed by atoms with E-state index in [4.69, 9.17) is 26.2 Å². The lowest BCUT2D eigenvalue weighted by Gasteiger charge is -2.06. The summed E-state index contributed by atoms with van der Waals surface area (Å²) in [5.74, 6) is 0.215. The summed E-state index contributed by atoms with van der Waals surface area (Å²) in [4.78, 5) is 0. The van der Waals surface area contributed by atoms with E-state index in [0.717, 1.165) is 0 Å². The van der Waals surface area contributed by atoms with E-state index < -0.39 is 6.10 Å². The fraction of sp³-hybridized carbons (Fsp3) is 1.00. The van der Waals surface area contributed by atoms with Crippen LogP contribution in [0.2, 0.25) is 0 Å². The first kappa shape index (κ1) is 10.2. The smallest absolute Gasteiger partial charge is 0.0908 e. The topological polar surface area (TPSA) is 38.7 Å². The fourth-order valence-electron chi connectivity index (χ4n) is 0.406. The van der Waals surface area contributed by atoms with E-state index in [2.05, 4.69) is 0 Å². The van der Waals surface area contributed by atoms with Crippen LogP contribution in [-0.4, -0.2) is 44.0 Å². The molecule has 0 bridgehead atoms. The van der Waals surface area contributed by atoms with E-state index in [1.807, 2.05) is 0 Å². The van der Waals surface area contributed by atoms with Gasteiger partial charge in [0.05, 0.1) is 31.8 Å². The highest BCUT2D eigenvalue weighted by atomic mass is 35.5. The van der Waals surface area contributed by atoms with Gasteiger partial charge in [-0.3, -0.25) is 0 Å². The zero-order valence-electron chi connectivity index (χ0n) is 6.05. The maximum Gasteiger partial charge on any atom is 0.0908 e. The molecular formula is C6H13ClO3. The second-order valence-electron chi connectivity index (χ2n) is 1.88. The normalized spacial score (nSPS) is 13.5. The van der Waals surface area contributed by atoms with Crippen molar-refractivity contribution in [1.82, 2.24) is 0 Å². The van der Waals surface area contributed by atoms with Gasteiger partial charge in [-0.15, -0.1) is 11.6 Å². The number of ether oxygens (including phenoxy) is 2. The number of methoxy groups -OCH3 is 1. The summed E-state index contributed by atoms with van der Waals surface area (Å²) in [6, 6.07) is 0. The summed E-state index contributed by atoms with van der Waals surface area (Å²) in [6.07, 6.45) is -0.557. The van der Waals surface area contributed by atoms with Crippen LogP contribution in [0, 0.1) is 0 Å². The second kappa shape index (κ2) is 7.28. The molecule has 0 amide bonds. The molecule has 0 rings (SSSR count). The van der Waals surface area contributed by atoms with E-state index in [0.29, 0.717) is 13.2 Å². The molecular weight excluding hydrogens is 156 g/mol. The van der Waals surface area contributed by atoms with Gasteiger partial charge in [-0.05, 0) is 0 Å². The van der Waals surface area contributed by atoms with Crippen LogP contribution >= 0.6 is 11.6 Å². The van der Waals surface area contributed by atoms with Gasteiger partial charge in [-0.2, -0.15) is 0 Å². The van der Waals surface area contributed by atoms with Crippen molar-refractivity contribution in [3.63, 3.8) is 0 Å². The molecule has 0 saturated heterocycles. The lowest BCUT2D eigenvalue weighted by atomic mass is 10.4. The van der Waals surface area contributed by atoms with Crippen molar-refractivity contribution < 1.29 is 14.6 Å². The molecule has 3 nitrogen and oxygen atoms in total. The van der Waals surface area contributed by atoms with Crippen LogP contribution < -0.4 is 0 Å². The first-order valence-electron chi connectivity index (χ1n) is 3.12. The van der Waals surface area contributed by atoms with Gasteiger partial charge in [0.15, 0.2) is 0 Å². The monoisotopic (exact) mass is 168 g/mol. The first-order chi connectivity index (χ1) is 4.81. The third-order valence-electron chi connectivity index (χ3n) is 0.920. The van der Waals surface area contributed by atoms with Crippen molar-refractivity contribution in [2.45, 2.75) is 6.10 Å². The van der Waals surface area contributed by atoms with Crippen molar-refractivity contribution in [2.75, 3.05) is 32.8 Å². The molecule has 0 aliphatic heterocycles. The number of alkyl halides is 1. The summed E-state index contributed by atoms with van der Waals surface area (Å²) in [5.41, 5.74) is 0. The van der Waals surface area contributed by atoms with Gasteiger partial charge in [0.25, 0.3) is 0 Å². The highest BCUT2D eigenvalue weighted by Gasteiger charge is 1.99. The average Bonchev–Trinajstić information content (AvgIpc) is 1.98. The van der Waals surface area contributed by atoms with Gasteiger partial charge in [0.1, 0.15) is 0 Å². The van der Waals surface area contributed by atoms with Crippen LogP contribution in [-0.2, 0) is 9.47 Å². The molecule has 0 aliphatic rings. The lowest BCUT2D eigenvalue weighted by molar-refractivity contribution is 0.0214. The van der Waals surface area contributed by atoms with Crippen molar-refractivity contribution >= 4 is 11.6 Å². The molecule has 62 valence electrons. The summed E-state index contributed by atoms with van der Waals surface area (Å²) >= 11 is 5.30. The third kappa shape index (κ3) is 6.29. The van der Waals surface area contributed by atoms with Crippen molar-refractivity contribution in [1.29, 1.82) is 0 Å². The van der Waals surface area contributed by atoms with E-state index in [1.165, 1.54) is 0 Å². The number of aliphatic hydroxyl groups excluding tert-OH is 1. The molecule has 0 fully saturated rings. The molecule has 4 heteroatoms. The SMILES string of the molecule is COCCOC[C@H](O)CCl. The Morgan fingerprint density at radius 1 is 1.50 bits per heavy atom. The number of hydrogen-bond donors (Lipinski definition) is 1. The maximum absolute atomic E-state index is 8.86. The minimum absolute atomic E-state index is 0.215. The van der Waals surface area contributed by atoms with E-state index in [9.17, 15) is 0 Å². The van der Waals surface area contributed by atoms with Crippen LogP contribution in [0.3, 0.4) is 0 Å². The van der Waals surface area contributed by atoms with E-state index in [-0.39, 0.29) is 12.5 Å². The van der Waals surface area contributed by atoms with Crippen LogP contribution in [0.25, 0.3) is 0 Å². The summed E-state index contributed by atoms with van der Waals surface area (Å²) in [6.45, 7) is 1.34. The molecule has 0 saturated carbocycles. The van der Waals surface area contributed by atoms with E-state index in [1.54, 1.807) is 7.11 Å². The number of rotatable bonds is 6. The van der Waals surface area contributed by atoms with Crippen LogP contribution in [0.15, 0.2) is 0 Å². The van der Waals surface area contributed by atoms with Gasteiger partial charge in [0, 0.05) is 7.11 Å². The Labute approximate surface area is 65.9 Å². The molecule has 0 radical (unpaired) electrons. The number of halogens is 1. The van der Waals surface area contributed by atoms with Crippen LogP contribution in [0.4, 0.5) is 0 Å². The Morgan fingerprint density at radius 3 is 2.70 bits per heavy atom. The molecule has 1 N–H and O–H groups in total.